The Bertz CT molecular complexity index is 1030. The molecule has 0 saturated carbocycles. The zero-order valence-electron chi connectivity index (χ0n) is 14.8. The van der Waals surface area contributed by atoms with Crippen LogP contribution in [0.2, 0.25) is 0 Å². The first-order valence-electron chi connectivity index (χ1n) is 8.08. The second-order valence-corrected chi connectivity index (χ2v) is 8.32. The summed E-state index contributed by atoms with van der Waals surface area (Å²) >= 11 is 0. The van der Waals surface area contributed by atoms with E-state index in [1.165, 1.54) is 24.6 Å². The first-order chi connectivity index (χ1) is 12.1. The van der Waals surface area contributed by atoms with Gasteiger partial charge in [-0.05, 0) is 50.1 Å². The molecule has 0 spiro atoms. The third-order valence-corrected chi connectivity index (χ3v) is 5.07. The fraction of sp³-hybridized carbons (Fsp3) is 0.211. The molecule has 7 heteroatoms. The van der Waals surface area contributed by atoms with Crippen LogP contribution in [0.15, 0.2) is 59.8 Å². The number of nitrogens with zero attached hydrogens (tertiary/aromatic N) is 2. The van der Waals surface area contributed by atoms with Crippen molar-refractivity contribution in [3.8, 4) is 16.8 Å². The molecular weight excluding hydrogens is 350 g/mol. The normalized spacial score (nSPS) is 12.3. The molecule has 0 radical (unpaired) electrons. The molecule has 3 aromatic rings. The minimum Gasteiger partial charge on any atom is -0.386 e. The number of primary sulfonamides is 1. The highest BCUT2D eigenvalue weighted by Crippen LogP contribution is 2.36. The average molecular weight is 371 g/mol. The van der Waals surface area contributed by atoms with Gasteiger partial charge in [0.25, 0.3) is 0 Å². The monoisotopic (exact) mass is 371 g/mol. The van der Waals surface area contributed by atoms with Crippen LogP contribution in [0.5, 0.6) is 0 Å². The lowest BCUT2D eigenvalue weighted by molar-refractivity contribution is 0.0753. The molecule has 0 aliphatic heterocycles. The summed E-state index contributed by atoms with van der Waals surface area (Å²) in [7, 11) is -4.07. The summed E-state index contributed by atoms with van der Waals surface area (Å²) in [5.41, 5.74) is 1.85. The van der Waals surface area contributed by atoms with Crippen LogP contribution in [0.4, 0.5) is 0 Å². The number of hydrogen-bond donors (Lipinski definition) is 2. The Morgan fingerprint density at radius 3 is 2.27 bits per heavy atom. The van der Waals surface area contributed by atoms with Crippen molar-refractivity contribution in [2.24, 2.45) is 5.14 Å². The Morgan fingerprint density at radius 1 is 1.12 bits per heavy atom. The van der Waals surface area contributed by atoms with Gasteiger partial charge in [-0.25, -0.2) is 18.2 Å². The van der Waals surface area contributed by atoms with Crippen molar-refractivity contribution in [3.05, 3.63) is 66.0 Å². The highest BCUT2D eigenvalue weighted by atomic mass is 32.2. The Labute approximate surface area is 153 Å². The van der Waals surface area contributed by atoms with Gasteiger partial charge in [0.05, 0.1) is 16.2 Å². The Kier molecular flexibility index (Phi) is 4.47. The fourth-order valence-corrected chi connectivity index (χ4v) is 3.87. The van der Waals surface area contributed by atoms with Crippen molar-refractivity contribution in [1.29, 1.82) is 0 Å². The van der Waals surface area contributed by atoms with Gasteiger partial charge in [-0.3, -0.25) is 0 Å². The second kappa shape index (κ2) is 6.35. The topological polar surface area (TPSA) is 98.2 Å². The van der Waals surface area contributed by atoms with E-state index in [-0.39, 0.29) is 10.5 Å². The van der Waals surface area contributed by atoms with Crippen LogP contribution in [0.3, 0.4) is 0 Å². The first kappa shape index (κ1) is 18.3. The molecule has 3 N–H and O–H groups in total. The van der Waals surface area contributed by atoms with E-state index >= 15 is 0 Å². The largest absolute Gasteiger partial charge is 0.386 e. The molecule has 0 unspecified atom stereocenters. The quantitative estimate of drug-likeness (QED) is 0.737. The summed E-state index contributed by atoms with van der Waals surface area (Å²) in [6.45, 7) is 5.03. The zero-order chi connectivity index (χ0) is 19.1. The van der Waals surface area contributed by atoms with Crippen LogP contribution in [0, 0.1) is 6.92 Å². The third-order valence-electron chi connectivity index (χ3n) is 4.14. The van der Waals surface area contributed by atoms with E-state index in [0.717, 1.165) is 11.1 Å². The smallest absolute Gasteiger partial charge is 0.238 e. The van der Waals surface area contributed by atoms with E-state index in [1.807, 2.05) is 31.2 Å². The van der Waals surface area contributed by atoms with Gasteiger partial charge in [0.15, 0.2) is 0 Å². The Balaban J connectivity index is 2.40. The predicted octanol–water partition coefficient (Wildman–Crippen LogP) is 2.72. The molecule has 136 valence electrons. The molecule has 1 heterocycles. The highest BCUT2D eigenvalue weighted by molar-refractivity contribution is 7.89. The van der Waals surface area contributed by atoms with Gasteiger partial charge in [-0.2, -0.15) is 5.10 Å². The summed E-state index contributed by atoms with van der Waals surface area (Å²) in [6, 6.07) is 12.7. The van der Waals surface area contributed by atoms with Crippen molar-refractivity contribution in [3.63, 3.8) is 0 Å². The molecule has 26 heavy (non-hydrogen) atoms. The summed E-state index contributed by atoms with van der Waals surface area (Å²) < 4.78 is 26.1. The first-order valence-corrected chi connectivity index (χ1v) is 9.63. The lowest BCUT2D eigenvalue weighted by Crippen LogP contribution is -2.26. The minimum absolute atomic E-state index is 0.117. The van der Waals surface area contributed by atoms with Crippen LogP contribution >= 0.6 is 0 Å². The van der Waals surface area contributed by atoms with E-state index in [9.17, 15) is 13.5 Å². The van der Waals surface area contributed by atoms with Crippen molar-refractivity contribution in [1.82, 2.24) is 9.78 Å². The SMILES string of the molecule is Cc1ccc(-c2cc(-n3cccn3)c(C(C)(C)O)c(S(N)(=O)=O)c2)cc1. The molecular formula is C19H21N3O3S. The summed E-state index contributed by atoms with van der Waals surface area (Å²) in [5.74, 6) is 0. The minimum atomic E-state index is -4.07. The predicted molar refractivity (Wildman–Crippen MR) is 100 cm³/mol. The van der Waals surface area contributed by atoms with Gasteiger partial charge in [-0.1, -0.05) is 29.8 Å². The number of hydrogen-bond acceptors (Lipinski definition) is 4. The molecule has 6 nitrogen and oxygen atoms in total. The molecule has 0 amide bonds. The average Bonchev–Trinajstić information content (AvgIpc) is 3.07. The summed E-state index contributed by atoms with van der Waals surface area (Å²) in [6.07, 6.45) is 3.28. The fourth-order valence-electron chi connectivity index (χ4n) is 2.94. The lowest BCUT2D eigenvalue weighted by Gasteiger charge is -2.25. The number of rotatable bonds is 4. The van der Waals surface area contributed by atoms with Crippen LogP contribution in [-0.2, 0) is 15.6 Å². The molecule has 0 aliphatic carbocycles. The van der Waals surface area contributed by atoms with Crippen molar-refractivity contribution in [2.75, 3.05) is 0 Å². The number of sulfonamides is 1. The maximum atomic E-state index is 12.3. The molecule has 0 fully saturated rings. The van der Waals surface area contributed by atoms with E-state index in [1.54, 1.807) is 24.5 Å². The van der Waals surface area contributed by atoms with Gasteiger partial charge in [0, 0.05) is 18.0 Å². The van der Waals surface area contributed by atoms with Gasteiger partial charge >= 0.3 is 0 Å². The number of benzene rings is 2. The Hall–Kier alpha value is -2.48. The number of nitrogens with two attached hydrogens (primary N) is 1. The van der Waals surface area contributed by atoms with E-state index in [0.29, 0.717) is 11.3 Å². The van der Waals surface area contributed by atoms with Crippen molar-refractivity contribution < 1.29 is 13.5 Å². The van der Waals surface area contributed by atoms with Crippen LogP contribution in [-0.4, -0.2) is 23.3 Å². The number of aryl methyl sites for hydroxylation is 1. The molecule has 0 atom stereocenters. The van der Waals surface area contributed by atoms with Gasteiger partial charge in [0.2, 0.25) is 10.0 Å². The Morgan fingerprint density at radius 2 is 1.77 bits per heavy atom. The molecule has 0 aliphatic rings. The van der Waals surface area contributed by atoms with Crippen LogP contribution in [0.1, 0.15) is 25.0 Å². The van der Waals surface area contributed by atoms with E-state index < -0.39 is 15.6 Å². The van der Waals surface area contributed by atoms with Crippen molar-refractivity contribution >= 4 is 10.0 Å². The third kappa shape index (κ3) is 3.55. The molecule has 3 rings (SSSR count). The number of aromatic nitrogens is 2. The lowest BCUT2D eigenvalue weighted by atomic mass is 9.93. The molecule has 0 bridgehead atoms. The van der Waals surface area contributed by atoms with Gasteiger partial charge < -0.3 is 5.11 Å². The standard InChI is InChI=1S/C19H21N3O3S/c1-13-5-7-14(8-6-13)15-11-16(22-10-4-9-21-22)18(19(2,3)23)17(12-15)26(20,24)25/h4-12,23H,1-3H3,(H2,20,24,25). The van der Waals surface area contributed by atoms with Gasteiger partial charge in [-0.15, -0.1) is 0 Å². The van der Waals surface area contributed by atoms with E-state index in [4.69, 9.17) is 5.14 Å². The highest BCUT2D eigenvalue weighted by Gasteiger charge is 2.30. The maximum Gasteiger partial charge on any atom is 0.238 e. The molecule has 2 aromatic carbocycles. The molecule has 0 saturated heterocycles. The zero-order valence-corrected chi connectivity index (χ0v) is 15.7. The van der Waals surface area contributed by atoms with Crippen LogP contribution in [0.25, 0.3) is 16.8 Å². The summed E-state index contributed by atoms with van der Waals surface area (Å²) in [5, 5.41) is 20.3. The van der Waals surface area contributed by atoms with E-state index in [2.05, 4.69) is 5.10 Å². The van der Waals surface area contributed by atoms with Crippen LogP contribution < -0.4 is 5.14 Å². The van der Waals surface area contributed by atoms with Gasteiger partial charge in [0.1, 0.15) is 0 Å². The second-order valence-electron chi connectivity index (χ2n) is 6.79. The summed E-state index contributed by atoms with van der Waals surface area (Å²) in [4.78, 5) is -0.117. The molecule has 1 aromatic heterocycles. The maximum absolute atomic E-state index is 12.3. The van der Waals surface area contributed by atoms with Crippen molar-refractivity contribution in [2.45, 2.75) is 31.3 Å². The number of aliphatic hydroxyl groups is 1.